The first-order chi connectivity index (χ1) is 12.0. The molecule has 3 heterocycles. The van der Waals surface area contributed by atoms with Gasteiger partial charge in [-0.05, 0) is 37.8 Å². The molecule has 0 atom stereocenters. The van der Waals surface area contributed by atoms with E-state index in [2.05, 4.69) is 10.1 Å². The number of hydrogen-bond acceptors (Lipinski definition) is 6. The van der Waals surface area contributed by atoms with Gasteiger partial charge in [0.25, 0.3) is 5.91 Å². The van der Waals surface area contributed by atoms with Crippen LogP contribution in [0.2, 0.25) is 4.34 Å². The van der Waals surface area contributed by atoms with Crippen LogP contribution < -0.4 is 5.73 Å². The maximum Gasteiger partial charge on any atom is 0.263 e. The Hall–Kier alpha value is -1.15. The monoisotopic (exact) mass is 416 g/mol. The van der Waals surface area contributed by atoms with Crippen LogP contribution in [0.4, 0.5) is 0 Å². The van der Waals surface area contributed by atoms with Crippen molar-refractivity contribution in [1.29, 1.82) is 0 Å². The minimum atomic E-state index is -0.420. The third-order valence-electron chi connectivity index (χ3n) is 5.30. The van der Waals surface area contributed by atoms with Gasteiger partial charge in [-0.25, -0.2) is 0 Å². The summed E-state index contributed by atoms with van der Waals surface area (Å²) < 4.78 is 6.14. The topological polar surface area (TPSA) is 85.2 Å². The Balaban J connectivity index is 0.00000196. The molecule has 0 unspecified atom stereocenters. The summed E-state index contributed by atoms with van der Waals surface area (Å²) >= 11 is 7.25. The number of likely N-dealkylation sites (tertiary alicyclic amines) is 1. The summed E-state index contributed by atoms with van der Waals surface area (Å²) in [5, 5.41) is 4.14. The first kappa shape index (κ1) is 19.6. The molecule has 2 aromatic rings. The van der Waals surface area contributed by atoms with E-state index in [0.29, 0.717) is 34.0 Å². The van der Waals surface area contributed by atoms with Gasteiger partial charge in [-0.15, -0.1) is 23.7 Å². The summed E-state index contributed by atoms with van der Waals surface area (Å²) in [7, 11) is 0. The number of nitrogens with zero attached hydrogens (tertiary/aromatic N) is 3. The highest BCUT2D eigenvalue weighted by Crippen LogP contribution is 2.36. The Morgan fingerprint density at radius 3 is 2.62 bits per heavy atom. The summed E-state index contributed by atoms with van der Waals surface area (Å²) in [6, 6.07) is 3.55. The van der Waals surface area contributed by atoms with E-state index in [1.54, 1.807) is 12.1 Å². The van der Waals surface area contributed by atoms with Crippen LogP contribution in [0, 0.1) is 0 Å². The van der Waals surface area contributed by atoms with Crippen molar-refractivity contribution in [2.24, 2.45) is 5.73 Å². The lowest BCUT2D eigenvalue weighted by Gasteiger charge is -2.30. The van der Waals surface area contributed by atoms with E-state index in [-0.39, 0.29) is 24.2 Å². The summed E-state index contributed by atoms with van der Waals surface area (Å²) in [4.78, 5) is 19.6. The minimum Gasteiger partial charge on any atom is -0.339 e. The zero-order valence-electron chi connectivity index (χ0n) is 14.3. The fraction of sp³-hybridized carbons (Fsp3) is 0.588. The predicted octanol–water partition coefficient (Wildman–Crippen LogP) is 3.95. The first-order valence-electron chi connectivity index (χ1n) is 8.73. The van der Waals surface area contributed by atoms with Crippen molar-refractivity contribution in [3.8, 4) is 0 Å². The number of carbonyl (C=O) groups is 1. The molecule has 1 amide bonds. The molecule has 4 rings (SSSR count). The predicted molar refractivity (Wildman–Crippen MR) is 103 cm³/mol. The molecule has 2 aromatic heterocycles. The van der Waals surface area contributed by atoms with Crippen LogP contribution in [0.15, 0.2) is 16.7 Å². The molecule has 2 aliphatic rings. The molecular formula is C17H22Cl2N4O2S. The van der Waals surface area contributed by atoms with Crippen molar-refractivity contribution in [3.63, 3.8) is 0 Å². The van der Waals surface area contributed by atoms with E-state index in [1.807, 2.05) is 4.90 Å². The van der Waals surface area contributed by atoms with Crippen molar-refractivity contribution in [2.75, 3.05) is 13.1 Å². The zero-order chi connectivity index (χ0) is 17.4. The van der Waals surface area contributed by atoms with Gasteiger partial charge in [-0.2, -0.15) is 4.98 Å². The molecule has 0 radical (unpaired) electrons. The lowest BCUT2D eigenvalue weighted by atomic mass is 9.96. The molecule has 2 fully saturated rings. The van der Waals surface area contributed by atoms with Crippen LogP contribution in [0.3, 0.4) is 0 Å². The van der Waals surface area contributed by atoms with Gasteiger partial charge in [0.15, 0.2) is 5.82 Å². The highest BCUT2D eigenvalue weighted by Gasteiger charge is 2.37. The van der Waals surface area contributed by atoms with E-state index in [4.69, 9.17) is 21.9 Å². The standard InChI is InChI=1S/C17H21ClN4O2S.ClH/c18-13-4-3-12(25-13)15(23)22-9-5-11(6-10-22)14-20-16(21-24-14)17(19)7-1-2-8-17;/h3-4,11H,1-2,5-10,19H2;1H. The van der Waals surface area contributed by atoms with E-state index < -0.39 is 5.54 Å². The fourth-order valence-electron chi connectivity index (χ4n) is 3.75. The molecular weight excluding hydrogens is 395 g/mol. The van der Waals surface area contributed by atoms with Crippen LogP contribution in [0.5, 0.6) is 0 Å². The molecule has 142 valence electrons. The molecule has 1 aliphatic carbocycles. The van der Waals surface area contributed by atoms with Gasteiger partial charge in [-0.3, -0.25) is 4.79 Å². The Morgan fingerprint density at radius 2 is 2.00 bits per heavy atom. The number of rotatable bonds is 3. The molecule has 1 aliphatic heterocycles. The molecule has 6 nitrogen and oxygen atoms in total. The van der Waals surface area contributed by atoms with Gasteiger partial charge < -0.3 is 15.2 Å². The second-order valence-corrected chi connectivity index (χ2v) is 8.70. The third-order valence-corrected chi connectivity index (χ3v) is 6.52. The number of piperidine rings is 1. The molecule has 0 bridgehead atoms. The number of nitrogens with two attached hydrogens (primary N) is 1. The second kappa shape index (κ2) is 7.84. The van der Waals surface area contributed by atoms with Gasteiger partial charge in [0.1, 0.15) is 0 Å². The van der Waals surface area contributed by atoms with E-state index >= 15 is 0 Å². The molecule has 26 heavy (non-hydrogen) atoms. The zero-order valence-corrected chi connectivity index (χ0v) is 16.7. The van der Waals surface area contributed by atoms with Gasteiger partial charge in [0.2, 0.25) is 5.89 Å². The van der Waals surface area contributed by atoms with Crippen LogP contribution in [-0.4, -0.2) is 34.0 Å². The smallest absolute Gasteiger partial charge is 0.263 e. The van der Waals surface area contributed by atoms with Crippen molar-refractivity contribution in [3.05, 3.63) is 33.1 Å². The Kier molecular flexibility index (Phi) is 5.91. The Morgan fingerprint density at radius 1 is 1.31 bits per heavy atom. The minimum absolute atomic E-state index is 0. The maximum absolute atomic E-state index is 12.5. The summed E-state index contributed by atoms with van der Waals surface area (Å²) in [5.41, 5.74) is 5.98. The van der Waals surface area contributed by atoms with Gasteiger partial charge in [0.05, 0.1) is 14.8 Å². The molecule has 1 saturated heterocycles. The van der Waals surface area contributed by atoms with E-state index in [0.717, 1.165) is 38.5 Å². The number of thiophene rings is 1. The molecule has 9 heteroatoms. The average Bonchev–Trinajstić information content (AvgIpc) is 3.35. The highest BCUT2D eigenvalue weighted by molar-refractivity contribution is 7.17. The number of aromatic nitrogens is 2. The second-order valence-electron chi connectivity index (χ2n) is 6.99. The van der Waals surface area contributed by atoms with Crippen molar-refractivity contribution < 1.29 is 9.32 Å². The van der Waals surface area contributed by atoms with E-state index in [1.165, 1.54) is 11.3 Å². The maximum atomic E-state index is 12.5. The van der Waals surface area contributed by atoms with Gasteiger partial charge >= 0.3 is 0 Å². The largest absolute Gasteiger partial charge is 0.339 e. The first-order valence-corrected chi connectivity index (χ1v) is 9.92. The quantitative estimate of drug-likeness (QED) is 0.817. The lowest BCUT2D eigenvalue weighted by molar-refractivity contribution is 0.0709. The Bertz CT molecular complexity index is 764. The average molecular weight is 417 g/mol. The summed E-state index contributed by atoms with van der Waals surface area (Å²) in [5.74, 6) is 1.56. The van der Waals surface area contributed by atoms with Crippen LogP contribution in [0.25, 0.3) is 0 Å². The summed E-state index contributed by atoms with van der Waals surface area (Å²) in [6.45, 7) is 1.37. The van der Waals surface area contributed by atoms with Crippen LogP contribution >= 0.6 is 35.3 Å². The number of amides is 1. The number of carbonyl (C=O) groups excluding carboxylic acids is 1. The number of halogens is 2. The molecule has 0 aromatic carbocycles. The fourth-order valence-corrected chi connectivity index (χ4v) is 4.76. The van der Waals surface area contributed by atoms with E-state index in [9.17, 15) is 4.79 Å². The van der Waals surface area contributed by atoms with Gasteiger partial charge in [-0.1, -0.05) is 29.6 Å². The molecule has 0 spiro atoms. The Labute approximate surface area is 167 Å². The molecule has 2 N–H and O–H groups in total. The van der Waals surface area contributed by atoms with Gasteiger partial charge in [0, 0.05) is 19.0 Å². The highest BCUT2D eigenvalue weighted by atomic mass is 35.5. The summed E-state index contributed by atoms with van der Waals surface area (Å²) in [6.07, 6.45) is 5.72. The third kappa shape index (κ3) is 3.76. The van der Waals surface area contributed by atoms with Crippen molar-refractivity contribution in [1.82, 2.24) is 15.0 Å². The SMILES string of the molecule is Cl.NC1(c2noc(C3CCN(C(=O)c4ccc(Cl)s4)CC3)n2)CCCC1. The van der Waals surface area contributed by atoms with Crippen molar-refractivity contribution >= 4 is 41.3 Å². The normalized spacial score (nSPS) is 20.2. The van der Waals surface area contributed by atoms with Crippen LogP contribution in [-0.2, 0) is 5.54 Å². The lowest BCUT2D eigenvalue weighted by Crippen LogP contribution is -2.37. The van der Waals surface area contributed by atoms with Crippen LogP contribution in [0.1, 0.15) is 65.8 Å². The molecule has 1 saturated carbocycles. The van der Waals surface area contributed by atoms with Crippen molar-refractivity contribution in [2.45, 2.75) is 50.0 Å². The number of hydrogen-bond donors (Lipinski definition) is 1.